The number of carbonyl (C=O) groups excluding carboxylic acids is 2. The highest BCUT2D eigenvalue weighted by Gasteiger charge is 2.30. The van der Waals surface area contributed by atoms with Gasteiger partial charge < -0.3 is 25.5 Å². The van der Waals surface area contributed by atoms with Crippen LogP contribution in [0.25, 0.3) is 11.3 Å². The van der Waals surface area contributed by atoms with E-state index in [1.807, 2.05) is 47.4 Å². The number of carbonyl (C=O) groups is 3. The summed E-state index contributed by atoms with van der Waals surface area (Å²) in [5, 5.41) is 15.7. The largest absolute Gasteiger partial charge is 0.478 e. The Morgan fingerprint density at radius 3 is 2.41 bits per heavy atom. The summed E-state index contributed by atoms with van der Waals surface area (Å²) in [5.74, 6) is -1.26. The molecule has 0 unspecified atom stereocenters. The van der Waals surface area contributed by atoms with Crippen molar-refractivity contribution in [2.75, 3.05) is 61.8 Å². The van der Waals surface area contributed by atoms with Crippen LogP contribution in [0.4, 0.5) is 17.1 Å². The number of nitrogens with zero attached hydrogens (tertiary/aromatic N) is 3. The lowest BCUT2D eigenvalue weighted by atomic mass is 9.99. The SMILES string of the molecule is CN1CCN(CC(=O)N2CCc3cc(N/C(=C4\C(=O)Nc5cc(C(=O)O)ccc54)c4ccc(S)cc4)ccc32)CC1. The first-order valence-corrected chi connectivity index (χ1v) is 14.1. The average molecular weight is 570 g/mol. The lowest BCUT2D eigenvalue weighted by Crippen LogP contribution is -2.48. The number of hydrogen-bond donors (Lipinski definition) is 4. The van der Waals surface area contributed by atoms with Crippen LogP contribution >= 0.6 is 12.6 Å². The molecule has 3 aromatic rings. The standard InChI is InChI=1S/C31H31N5O4S/c1-34-12-14-35(15-13-34)18-27(37)36-11-10-20-16-22(5-9-26(20)36)32-29(19-2-6-23(41)7-3-19)28-24-8-4-21(31(39)40)17-25(24)33-30(28)38/h2-9,16-17,32,41H,10-15,18H2,1H3,(H,33,38)(H,39,40)/b29-28-. The van der Waals surface area contributed by atoms with Crippen LogP contribution in [0.2, 0.25) is 0 Å². The van der Waals surface area contributed by atoms with Crippen molar-refractivity contribution in [3.05, 3.63) is 82.9 Å². The van der Waals surface area contributed by atoms with E-state index in [1.165, 1.54) is 12.1 Å². The Morgan fingerprint density at radius 1 is 0.951 bits per heavy atom. The molecule has 3 aliphatic heterocycles. The van der Waals surface area contributed by atoms with Gasteiger partial charge in [0.25, 0.3) is 5.91 Å². The normalized spacial score (nSPS) is 18.1. The maximum Gasteiger partial charge on any atom is 0.335 e. The second kappa shape index (κ2) is 11.0. The number of fused-ring (bicyclic) bond motifs is 2. The van der Waals surface area contributed by atoms with E-state index in [2.05, 4.69) is 40.1 Å². The third-order valence-corrected chi connectivity index (χ3v) is 8.22. The van der Waals surface area contributed by atoms with Crippen LogP contribution in [-0.2, 0) is 16.0 Å². The number of nitrogens with one attached hydrogen (secondary N) is 2. The Hall–Kier alpha value is -4.12. The Bertz CT molecular complexity index is 1580. The lowest BCUT2D eigenvalue weighted by molar-refractivity contribution is -0.120. The number of likely N-dealkylation sites (N-methyl/N-ethyl adjacent to an activating group) is 1. The van der Waals surface area contributed by atoms with Crippen molar-refractivity contribution < 1.29 is 19.5 Å². The summed E-state index contributed by atoms with van der Waals surface area (Å²) < 4.78 is 0. The molecule has 0 spiro atoms. The van der Waals surface area contributed by atoms with Crippen LogP contribution in [0, 0.1) is 0 Å². The average Bonchev–Trinajstić information content (AvgIpc) is 3.53. The number of anilines is 3. The predicted octanol–water partition coefficient (Wildman–Crippen LogP) is 3.74. The number of thiol groups is 1. The first-order valence-electron chi connectivity index (χ1n) is 13.6. The molecule has 3 aromatic carbocycles. The maximum absolute atomic E-state index is 13.2. The highest BCUT2D eigenvalue weighted by molar-refractivity contribution is 7.80. The van der Waals surface area contributed by atoms with Crippen LogP contribution in [0.1, 0.15) is 27.0 Å². The molecular formula is C31H31N5O4S. The third-order valence-electron chi connectivity index (χ3n) is 7.92. The van der Waals surface area contributed by atoms with Crippen molar-refractivity contribution in [2.24, 2.45) is 0 Å². The Kier molecular flexibility index (Phi) is 7.29. The van der Waals surface area contributed by atoms with Gasteiger partial charge in [-0.05, 0) is 67.1 Å². The zero-order valence-corrected chi connectivity index (χ0v) is 23.6. The molecule has 1 fully saturated rings. The molecule has 0 bridgehead atoms. The molecule has 6 rings (SSSR count). The molecule has 9 nitrogen and oxygen atoms in total. The molecule has 0 aromatic heterocycles. The van der Waals surface area contributed by atoms with Crippen molar-refractivity contribution in [3.8, 4) is 0 Å². The fraction of sp³-hybridized carbons (Fsp3) is 0.258. The molecule has 2 amide bonds. The zero-order valence-electron chi connectivity index (χ0n) is 22.7. The van der Waals surface area contributed by atoms with E-state index < -0.39 is 5.97 Å². The van der Waals surface area contributed by atoms with Gasteiger partial charge in [-0.15, -0.1) is 12.6 Å². The van der Waals surface area contributed by atoms with Crippen LogP contribution in [-0.4, -0.2) is 79.0 Å². The molecular weight excluding hydrogens is 538 g/mol. The van der Waals surface area contributed by atoms with Crippen LogP contribution in [0.15, 0.2) is 65.6 Å². The summed E-state index contributed by atoms with van der Waals surface area (Å²) in [5.41, 5.74) is 5.77. The number of benzene rings is 3. The summed E-state index contributed by atoms with van der Waals surface area (Å²) >= 11 is 4.41. The van der Waals surface area contributed by atoms with Crippen molar-refractivity contribution in [3.63, 3.8) is 0 Å². The number of carboxylic acid groups (broad SMARTS) is 1. The van der Waals surface area contributed by atoms with Crippen LogP contribution in [0.5, 0.6) is 0 Å². The van der Waals surface area contributed by atoms with Gasteiger partial charge in [-0.2, -0.15) is 0 Å². The van der Waals surface area contributed by atoms with Crippen LogP contribution < -0.4 is 15.5 Å². The molecule has 0 atom stereocenters. The Labute approximate surface area is 243 Å². The van der Waals surface area contributed by atoms with Gasteiger partial charge in [-0.1, -0.05) is 18.2 Å². The zero-order chi connectivity index (χ0) is 28.7. The fourth-order valence-electron chi connectivity index (χ4n) is 5.63. The summed E-state index contributed by atoms with van der Waals surface area (Å²) in [6.45, 7) is 4.79. The van der Waals surface area contributed by atoms with Gasteiger partial charge in [0.1, 0.15) is 0 Å². The highest BCUT2D eigenvalue weighted by Crippen LogP contribution is 2.39. The summed E-state index contributed by atoms with van der Waals surface area (Å²) in [4.78, 5) is 45.1. The van der Waals surface area contributed by atoms with Crippen molar-refractivity contribution >= 4 is 58.7 Å². The summed E-state index contributed by atoms with van der Waals surface area (Å²) in [6, 6.07) is 18.0. The van der Waals surface area contributed by atoms with Gasteiger partial charge in [0.15, 0.2) is 0 Å². The minimum Gasteiger partial charge on any atom is -0.478 e. The molecule has 0 aliphatic carbocycles. The van der Waals surface area contributed by atoms with E-state index >= 15 is 0 Å². The number of carboxylic acids is 1. The minimum atomic E-state index is -1.06. The lowest BCUT2D eigenvalue weighted by Gasteiger charge is -2.32. The second-order valence-electron chi connectivity index (χ2n) is 10.7. The predicted molar refractivity (Wildman–Crippen MR) is 163 cm³/mol. The molecule has 0 radical (unpaired) electrons. The summed E-state index contributed by atoms with van der Waals surface area (Å²) in [6.07, 6.45) is 0.751. The Balaban J connectivity index is 1.30. The van der Waals surface area contributed by atoms with Gasteiger partial charge in [-0.3, -0.25) is 14.5 Å². The molecule has 3 N–H and O–H groups in total. The minimum absolute atomic E-state index is 0.101. The van der Waals surface area contributed by atoms with Gasteiger partial charge in [-0.25, -0.2) is 4.79 Å². The second-order valence-corrected chi connectivity index (χ2v) is 11.2. The fourth-order valence-corrected chi connectivity index (χ4v) is 5.78. The third kappa shape index (κ3) is 5.46. The number of aromatic carboxylic acids is 1. The van der Waals surface area contributed by atoms with E-state index in [0.29, 0.717) is 35.6 Å². The van der Waals surface area contributed by atoms with Crippen molar-refractivity contribution in [2.45, 2.75) is 11.3 Å². The van der Waals surface area contributed by atoms with E-state index in [4.69, 9.17) is 0 Å². The van der Waals surface area contributed by atoms with Gasteiger partial charge in [0.2, 0.25) is 5.91 Å². The van der Waals surface area contributed by atoms with Crippen LogP contribution in [0.3, 0.4) is 0 Å². The van der Waals surface area contributed by atoms with E-state index in [1.54, 1.807) is 6.07 Å². The summed E-state index contributed by atoms with van der Waals surface area (Å²) in [7, 11) is 2.10. The number of piperazine rings is 1. The number of hydrogen-bond acceptors (Lipinski definition) is 7. The van der Waals surface area contributed by atoms with Crippen molar-refractivity contribution in [1.82, 2.24) is 9.80 Å². The first-order chi connectivity index (χ1) is 19.8. The van der Waals surface area contributed by atoms with E-state index in [-0.39, 0.29) is 17.4 Å². The van der Waals surface area contributed by atoms with E-state index in [9.17, 15) is 19.5 Å². The van der Waals surface area contributed by atoms with Gasteiger partial charge >= 0.3 is 5.97 Å². The molecule has 0 saturated carbocycles. The van der Waals surface area contributed by atoms with Gasteiger partial charge in [0, 0.05) is 54.6 Å². The van der Waals surface area contributed by atoms with Crippen molar-refractivity contribution in [1.29, 1.82) is 0 Å². The first kappa shape index (κ1) is 27.1. The van der Waals surface area contributed by atoms with Gasteiger partial charge in [0.05, 0.1) is 29.1 Å². The quantitative estimate of drug-likeness (QED) is 0.265. The topological polar surface area (TPSA) is 105 Å². The highest BCUT2D eigenvalue weighted by atomic mass is 32.1. The molecule has 41 heavy (non-hydrogen) atoms. The molecule has 3 heterocycles. The maximum atomic E-state index is 13.2. The number of amides is 2. The smallest absolute Gasteiger partial charge is 0.335 e. The molecule has 10 heteroatoms. The molecule has 3 aliphatic rings. The van der Waals surface area contributed by atoms with E-state index in [0.717, 1.165) is 60.0 Å². The molecule has 210 valence electrons. The molecule has 1 saturated heterocycles. The monoisotopic (exact) mass is 569 g/mol. The Morgan fingerprint density at radius 2 is 1.68 bits per heavy atom. The number of rotatable bonds is 6.